The second-order valence-corrected chi connectivity index (χ2v) is 19.5. The van der Waals surface area contributed by atoms with Gasteiger partial charge < -0.3 is 44.2 Å². The van der Waals surface area contributed by atoms with Gasteiger partial charge in [-0.3, -0.25) is 24.1 Å². The molecule has 18 heteroatoms. The second-order valence-electron chi connectivity index (χ2n) is 18.3. The van der Waals surface area contributed by atoms with Gasteiger partial charge in [0.1, 0.15) is 42.8 Å². The Kier molecular flexibility index (Phi) is 16.8. The molecular formula is C49H60N8O8S2. The van der Waals surface area contributed by atoms with Gasteiger partial charge in [0.25, 0.3) is 11.7 Å². The number of anilines is 2. The predicted octanol–water partition coefficient (Wildman–Crippen LogP) is 6.80. The number of ether oxygens (including phenoxy) is 4. The molecule has 2 fully saturated rings. The number of pyridine rings is 1. The van der Waals surface area contributed by atoms with E-state index in [1.54, 1.807) is 46.3 Å². The molecule has 0 saturated carbocycles. The molecule has 16 nitrogen and oxygen atoms in total. The Morgan fingerprint density at radius 3 is 2.22 bits per heavy atom. The van der Waals surface area contributed by atoms with Crippen LogP contribution in [0.25, 0.3) is 15.3 Å². The fraction of sp³-hybridized carbons (Fsp3) is 0.469. The van der Waals surface area contributed by atoms with E-state index < -0.39 is 28.9 Å². The molecule has 0 unspecified atom stereocenters. The van der Waals surface area contributed by atoms with Gasteiger partial charge >= 0.3 is 0 Å². The van der Waals surface area contributed by atoms with E-state index in [2.05, 4.69) is 25.4 Å². The molecule has 67 heavy (non-hydrogen) atoms. The van der Waals surface area contributed by atoms with E-state index in [9.17, 15) is 19.2 Å². The van der Waals surface area contributed by atoms with Gasteiger partial charge in [0, 0.05) is 18.8 Å². The molecule has 2 N–H and O–H groups in total. The largest absolute Gasteiger partial charge is 0.491 e. The fourth-order valence-electron chi connectivity index (χ4n) is 7.98. The zero-order chi connectivity index (χ0) is 48.5. The van der Waals surface area contributed by atoms with Crippen LogP contribution in [0, 0.1) is 31.8 Å². The summed E-state index contributed by atoms with van der Waals surface area (Å²) in [6, 6.07) is 15.5. The minimum absolute atomic E-state index is 0.119. The first-order valence-corrected chi connectivity index (χ1v) is 23.5. The number of amides is 4. The molecule has 4 amide bonds. The summed E-state index contributed by atoms with van der Waals surface area (Å²) in [7, 11) is 0. The number of nitrogens with one attached hydrogen (secondary N) is 2. The minimum Gasteiger partial charge on any atom is -0.491 e. The van der Waals surface area contributed by atoms with E-state index in [0.717, 1.165) is 27.4 Å². The summed E-state index contributed by atoms with van der Waals surface area (Å²) in [6.07, 6.45) is 2.03. The quantitative estimate of drug-likeness (QED) is 0.0541. The van der Waals surface area contributed by atoms with Crippen LogP contribution < -0.4 is 25.2 Å². The molecule has 356 valence electrons. The molecule has 3 atom stereocenters. The summed E-state index contributed by atoms with van der Waals surface area (Å²) in [4.78, 5) is 72.0. The van der Waals surface area contributed by atoms with E-state index in [1.165, 1.54) is 11.1 Å². The monoisotopic (exact) mass is 952 g/mol. The number of carbonyl (C=O) groups excluding carboxylic acids is 4. The Labute approximate surface area is 402 Å². The molecule has 2 aromatic heterocycles. The normalized spacial score (nSPS) is 17.4. The Hall–Kier alpha value is -5.84. The number of rotatable bonds is 20. The van der Waals surface area contributed by atoms with Crippen molar-refractivity contribution in [3.63, 3.8) is 0 Å². The standard InChI is InChI=1S/C49H60N8O8S2/c1-31-24-39(44(59)52-26-34-10-12-35(13-11-34)41-33(3)53-30-67-41)55(28-31)45(60)42(48(4,5)6)54-40(58)29-64-21-20-62-18-19-63-22-23-65-38-16-14-36(15-17-38)57-47(66)56(46(61)49(57,7)8)37-25-32(2)43(50-9)51-27-37/h10-17,25,27,30-31,39,42H,18-24,26,28-29H2,1-8H3,(H,52,59)(H,54,58)/t31-,39+,42-/m1/s1. The molecule has 2 aliphatic rings. The van der Waals surface area contributed by atoms with Crippen molar-refractivity contribution in [2.24, 2.45) is 11.3 Å². The summed E-state index contributed by atoms with van der Waals surface area (Å²) in [5.74, 6) is -0.132. The predicted molar refractivity (Wildman–Crippen MR) is 261 cm³/mol. The van der Waals surface area contributed by atoms with E-state index in [-0.39, 0.29) is 49.3 Å². The first-order chi connectivity index (χ1) is 31.9. The number of aromatic nitrogens is 2. The number of benzene rings is 2. The average Bonchev–Trinajstić information content (AvgIpc) is 3.96. The average molecular weight is 953 g/mol. The lowest BCUT2D eigenvalue weighted by Crippen LogP contribution is -2.58. The maximum Gasteiger partial charge on any atom is 0.272 e. The third-order valence-electron chi connectivity index (χ3n) is 11.6. The molecule has 4 heterocycles. The van der Waals surface area contributed by atoms with Crippen LogP contribution in [-0.4, -0.2) is 114 Å². The van der Waals surface area contributed by atoms with Gasteiger partial charge in [0.2, 0.25) is 17.7 Å². The van der Waals surface area contributed by atoms with E-state index >= 15 is 0 Å². The van der Waals surface area contributed by atoms with Crippen molar-refractivity contribution >= 4 is 69.5 Å². The van der Waals surface area contributed by atoms with Gasteiger partial charge in [-0.25, -0.2) is 4.98 Å². The van der Waals surface area contributed by atoms with Gasteiger partial charge in [0.05, 0.1) is 54.8 Å². The Morgan fingerprint density at radius 2 is 1.61 bits per heavy atom. The third-order valence-corrected chi connectivity index (χ3v) is 12.9. The van der Waals surface area contributed by atoms with Crippen LogP contribution in [0.5, 0.6) is 5.75 Å². The van der Waals surface area contributed by atoms with Gasteiger partial charge in [-0.2, -0.15) is 0 Å². The Morgan fingerprint density at radius 1 is 0.955 bits per heavy atom. The zero-order valence-electron chi connectivity index (χ0n) is 39.4. The molecule has 0 bridgehead atoms. The maximum absolute atomic E-state index is 14.0. The fourth-order valence-corrected chi connectivity index (χ4v) is 9.31. The smallest absolute Gasteiger partial charge is 0.272 e. The minimum atomic E-state index is -0.960. The molecule has 0 aliphatic carbocycles. The number of thiazole rings is 1. The zero-order valence-corrected chi connectivity index (χ0v) is 41.1. The molecule has 4 aromatic rings. The number of aryl methyl sites for hydroxylation is 2. The number of carbonyl (C=O) groups is 4. The molecule has 2 aliphatic heterocycles. The number of nitrogens with zero attached hydrogens (tertiary/aromatic N) is 6. The topological polar surface area (TPSA) is 169 Å². The number of thiocarbonyl (C=S) groups is 1. The highest BCUT2D eigenvalue weighted by Crippen LogP contribution is 2.38. The van der Waals surface area contributed by atoms with Crippen LogP contribution in [0.1, 0.15) is 64.8 Å². The summed E-state index contributed by atoms with van der Waals surface area (Å²) in [5.41, 5.74) is 5.14. The first kappa shape index (κ1) is 50.6. The number of hydrogen-bond donors (Lipinski definition) is 2. The van der Waals surface area contributed by atoms with Crippen molar-refractivity contribution in [1.29, 1.82) is 0 Å². The molecule has 6 rings (SSSR count). The summed E-state index contributed by atoms with van der Waals surface area (Å²) in [6.45, 7) is 24.5. The second kappa shape index (κ2) is 22.3. The third kappa shape index (κ3) is 12.4. The van der Waals surface area contributed by atoms with Crippen molar-refractivity contribution < 1.29 is 38.1 Å². The lowest BCUT2D eigenvalue weighted by molar-refractivity contribution is -0.144. The Balaban J connectivity index is 0.856. The van der Waals surface area contributed by atoms with Crippen molar-refractivity contribution in [3.05, 3.63) is 94.5 Å². The van der Waals surface area contributed by atoms with Gasteiger partial charge in [-0.15, -0.1) is 16.3 Å². The highest BCUT2D eigenvalue weighted by molar-refractivity contribution is 7.81. The van der Waals surface area contributed by atoms with Crippen LogP contribution in [0.2, 0.25) is 0 Å². The van der Waals surface area contributed by atoms with Crippen LogP contribution in [-0.2, 0) is 39.9 Å². The first-order valence-electron chi connectivity index (χ1n) is 22.3. The maximum atomic E-state index is 14.0. The molecule has 2 saturated heterocycles. The van der Waals surface area contributed by atoms with Crippen molar-refractivity contribution in [2.75, 3.05) is 62.6 Å². The highest BCUT2D eigenvalue weighted by atomic mass is 32.1. The highest BCUT2D eigenvalue weighted by Gasteiger charge is 2.50. The van der Waals surface area contributed by atoms with E-state index in [1.807, 2.05) is 90.4 Å². The van der Waals surface area contributed by atoms with Gasteiger partial charge in [-0.05, 0) is 105 Å². The Bertz CT molecular complexity index is 2450. The lowest BCUT2D eigenvalue weighted by atomic mass is 9.85. The van der Waals surface area contributed by atoms with Crippen LogP contribution in [0.4, 0.5) is 17.2 Å². The lowest BCUT2D eigenvalue weighted by Gasteiger charge is -2.35. The summed E-state index contributed by atoms with van der Waals surface area (Å²) >= 11 is 7.37. The summed E-state index contributed by atoms with van der Waals surface area (Å²) < 4.78 is 22.7. The van der Waals surface area contributed by atoms with Crippen molar-refractivity contribution in [2.45, 2.75) is 86.0 Å². The van der Waals surface area contributed by atoms with Crippen molar-refractivity contribution in [3.8, 4) is 16.2 Å². The SMILES string of the molecule is [C-]#[N+]c1ncc(N2C(=O)C(C)(C)N(c3ccc(OCCOCCOCCOCC(=O)N[C@H](C(=O)N4C[C@H](C)C[C@H]4C(=O)NCc4ccc(-c5scnc5C)cc4)C(C)(C)C)cc3)C2=S)cc1C. The van der Waals surface area contributed by atoms with Crippen LogP contribution in [0.15, 0.2) is 66.3 Å². The van der Waals surface area contributed by atoms with Crippen LogP contribution in [0.3, 0.4) is 0 Å². The number of likely N-dealkylation sites (tertiary alicyclic amines) is 1. The molecule has 2 aromatic carbocycles. The molecule has 0 radical (unpaired) electrons. The van der Waals surface area contributed by atoms with Crippen molar-refractivity contribution in [1.82, 2.24) is 25.5 Å². The number of hydrogen-bond acceptors (Lipinski definition) is 12. The summed E-state index contributed by atoms with van der Waals surface area (Å²) in [5, 5.41) is 6.21. The molecule has 0 spiro atoms. The van der Waals surface area contributed by atoms with Crippen LogP contribution >= 0.6 is 23.6 Å². The van der Waals surface area contributed by atoms with Gasteiger partial charge in [0.15, 0.2) is 5.11 Å². The molecular weight excluding hydrogens is 893 g/mol. The van der Waals surface area contributed by atoms with E-state index in [4.69, 9.17) is 37.7 Å². The van der Waals surface area contributed by atoms with Gasteiger partial charge in [-0.1, -0.05) is 58.5 Å². The van der Waals surface area contributed by atoms with E-state index in [0.29, 0.717) is 68.1 Å².